The average Bonchev–Trinajstić information content (AvgIpc) is 2.74. The molecule has 0 fully saturated rings. The Morgan fingerprint density at radius 2 is 1.04 bits per heavy atom. The second-order valence-electron chi connectivity index (χ2n) is 6.01. The minimum atomic E-state index is -1.13. The van der Waals surface area contributed by atoms with Gasteiger partial charge >= 0.3 is 11.9 Å². The normalized spacial score (nSPS) is 11.6. The van der Waals surface area contributed by atoms with Gasteiger partial charge in [-0.2, -0.15) is 0 Å². The summed E-state index contributed by atoms with van der Waals surface area (Å²) in [4.78, 5) is 25.3. The second kappa shape index (κ2) is 8.81. The van der Waals surface area contributed by atoms with Crippen molar-refractivity contribution in [1.29, 1.82) is 0 Å². The van der Waals surface area contributed by atoms with Gasteiger partial charge in [0.2, 0.25) is 0 Å². The van der Waals surface area contributed by atoms with Gasteiger partial charge in [-0.1, -0.05) is 91.0 Å². The van der Waals surface area contributed by atoms with Crippen LogP contribution in [0, 0.1) is 0 Å². The second-order valence-corrected chi connectivity index (χ2v) is 6.01. The number of hydrogen-bond acceptors (Lipinski definition) is 4. The third-order valence-corrected chi connectivity index (χ3v) is 4.24. The number of esters is 2. The van der Waals surface area contributed by atoms with E-state index in [1.54, 1.807) is 24.3 Å². The van der Waals surface area contributed by atoms with E-state index in [9.17, 15) is 9.59 Å². The molecule has 4 nitrogen and oxygen atoms in total. The predicted octanol–water partition coefficient (Wildman–Crippen LogP) is 4.28. The molecule has 0 radical (unpaired) electrons. The fourth-order valence-corrected chi connectivity index (χ4v) is 2.90. The van der Waals surface area contributed by atoms with Crippen LogP contribution >= 0.6 is 0 Å². The number of carbonyl (C=O) groups excluding carboxylic acids is 2. The Hall–Kier alpha value is -3.40. The highest BCUT2D eigenvalue weighted by molar-refractivity contribution is 6.00. The van der Waals surface area contributed by atoms with Crippen LogP contribution < -0.4 is 0 Å². The third kappa shape index (κ3) is 4.42. The van der Waals surface area contributed by atoms with Gasteiger partial charge in [-0.25, -0.2) is 0 Å². The minimum Gasteiger partial charge on any atom is -0.468 e. The first-order chi connectivity index (χ1) is 13.2. The van der Waals surface area contributed by atoms with Crippen LogP contribution in [0.3, 0.4) is 0 Å². The molecular formula is C23H20O4. The highest BCUT2D eigenvalue weighted by Gasteiger charge is 2.33. The van der Waals surface area contributed by atoms with Crippen LogP contribution in [0.25, 0.3) is 0 Å². The molecule has 0 amide bonds. The molecule has 136 valence electrons. The molecule has 4 heteroatoms. The monoisotopic (exact) mass is 360 g/mol. The Morgan fingerprint density at radius 3 is 1.44 bits per heavy atom. The number of methoxy groups -OCH3 is 1. The summed E-state index contributed by atoms with van der Waals surface area (Å²) in [5.41, 5.74) is 2.19. The summed E-state index contributed by atoms with van der Waals surface area (Å²) in [7, 11) is 1.26. The molecule has 1 unspecified atom stereocenters. The van der Waals surface area contributed by atoms with Crippen LogP contribution in [0.4, 0.5) is 0 Å². The van der Waals surface area contributed by atoms with Crippen LogP contribution in [0.2, 0.25) is 0 Å². The molecule has 0 saturated carbocycles. The quantitative estimate of drug-likeness (QED) is 0.486. The fraction of sp³-hybridized carbons (Fsp3) is 0.130. The van der Waals surface area contributed by atoms with E-state index in [0.717, 1.165) is 11.1 Å². The van der Waals surface area contributed by atoms with Crippen molar-refractivity contribution in [1.82, 2.24) is 0 Å². The molecule has 3 aromatic carbocycles. The summed E-state index contributed by atoms with van der Waals surface area (Å²) in [5, 5.41) is 0. The number of rotatable bonds is 6. The molecular weight excluding hydrogens is 340 g/mol. The van der Waals surface area contributed by atoms with E-state index in [4.69, 9.17) is 9.47 Å². The van der Waals surface area contributed by atoms with Gasteiger partial charge in [-0.3, -0.25) is 9.59 Å². The van der Waals surface area contributed by atoms with E-state index in [0.29, 0.717) is 5.56 Å². The van der Waals surface area contributed by atoms with E-state index in [2.05, 4.69) is 0 Å². The maximum atomic E-state index is 13.0. The van der Waals surface area contributed by atoms with Gasteiger partial charge < -0.3 is 9.47 Å². The molecule has 0 aromatic heterocycles. The lowest BCUT2D eigenvalue weighted by molar-refractivity contribution is -0.158. The van der Waals surface area contributed by atoms with Gasteiger partial charge in [-0.15, -0.1) is 0 Å². The van der Waals surface area contributed by atoms with Crippen molar-refractivity contribution in [2.24, 2.45) is 0 Å². The Kier molecular flexibility index (Phi) is 6.00. The number of carbonyl (C=O) groups is 2. The first kappa shape index (κ1) is 18.4. The van der Waals surface area contributed by atoms with Gasteiger partial charge in [0.15, 0.2) is 12.0 Å². The van der Waals surface area contributed by atoms with Crippen molar-refractivity contribution in [3.05, 3.63) is 108 Å². The maximum Gasteiger partial charge on any atom is 0.325 e. The van der Waals surface area contributed by atoms with E-state index >= 15 is 0 Å². The Bertz CT molecular complexity index is 837. The summed E-state index contributed by atoms with van der Waals surface area (Å²) in [5.74, 6) is -2.43. The van der Waals surface area contributed by atoms with Crippen LogP contribution in [0.5, 0.6) is 0 Å². The van der Waals surface area contributed by atoms with Gasteiger partial charge in [0.1, 0.15) is 0 Å². The van der Waals surface area contributed by atoms with Gasteiger partial charge in [0.05, 0.1) is 7.11 Å². The summed E-state index contributed by atoms with van der Waals surface area (Å²) in [6, 6.07) is 27.7. The summed E-state index contributed by atoms with van der Waals surface area (Å²) in [6.45, 7) is 0. The summed E-state index contributed by atoms with van der Waals surface area (Å²) < 4.78 is 10.7. The Labute approximate surface area is 158 Å². The lowest BCUT2D eigenvalue weighted by atomic mass is 9.98. The molecule has 0 aliphatic heterocycles. The first-order valence-corrected chi connectivity index (χ1v) is 8.64. The maximum absolute atomic E-state index is 13.0. The standard InChI is InChI=1S/C23H20O4/c1-26-22(24)20(17-11-5-2-6-12-17)23(25)27-21(18-13-7-3-8-14-18)19-15-9-4-10-16-19/h2-16,20-21H,1H3. The van der Waals surface area contributed by atoms with Crippen molar-refractivity contribution in [3.8, 4) is 0 Å². The number of ether oxygens (including phenoxy) is 2. The third-order valence-electron chi connectivity index (χ3n) is 4.24. The van der Waals surface area contributed by atoms with E-state index < -0.39 is 24.0 Å². The molecule has 3 rings (SSSR count). The molecule has 3 aromatic rings. The molecule has 0 aliphatic rings. The van der Waals surface area contributed by atoms with Crippen molar-refractivity contribution in [2.45, 2.75) is 12.0 Å². The number of benzene rings is 3. The zero-order valence-electron chi connectivity index (χ0n) is 14.9. The zero-order valence-corrected chi connectivity index (χ0v) is 14.9. The van der Waals surface area contributed by atoms with Crippen molar-refractivity contribution >= 4 is 11.9 Å². The molecule has 0 N–H and O–H groups in total. The first-order valence-electron chi connectivity index (χ1n) is 8.64. The van der Waals surface area contributed by atoms with E-state index in [-0.39, 0.29) is 0 Å². The molecule has 0 saturated heterocycles. The Balaban J connectivity index is 1.94. The SMILES string of the molecule is COC(=O)C(C(=O)OC(c1ccccc1)c1ccccc1)c1ccccc1. The zero-order chi connectivity index (χ0) is 19.1. The molecule has 0 spiro atoms. The lowest BCUT2D eigenvalue weighted by Gasteiger charge is -2.22. The lowest BCUT2D eigenvalue weighted by Crippen LogP contribution is -2.27. The highest BCUT2D eigenvalue weighted by Crippen LogP contribution is 2.29. The molecule has 0 aliphatic carbocycles. The van der Waals surface area contributed by atoms with Crippen molar-refractivity contribution < 1.29 is 19.1 Å². The number of hydrogen-bond donors (Lipinski definition) is 0. The molecule has 1 atom stereocenters. The minimum absolute atomic E-state index is 0.536. The Morgan fingerprint density at radius 1 is 0.630 bits per heavy atom. The average molecular weight is 360 g/mol. The van der Waals surface area contributed by atoms with E-state index in [1.807, 2.05) is 66.7 Å². The molecule has 0 heterocycles. The molecule has 27 heavy (non-hydrogen) atoms. The van der Waals surface area contributed by atoms with Crippen molar-refractivity contribution in [3.63, 3.8) is 0 Å². The van der Waals surface area contributed by atoms with Crippen LogP contribution in [-0.4, -0.2) is 19.0 Å². The summed E-state index contributed by atoms with van der Waals surface area (Å²) >= 11 is 0. The van der Waals surface area contributed by atoms with Gasteiger partial charge in [-0.05, 0) is 16.7 Å². The van der Waals surface area contributed by atoms with Crippen LogP contribution in [-0.2, 0) is 19.1 Å². The smallest absolute Gasteiger partial charge is 0.325 e. The van der Waals surface area contributed by atoms with Gasteiger partial charge in [0, 0.05) is 0 Å². The molecule has 0 bridgehead atoms. The summed E-state index contributed by atoms with van der Waals surface area (Å²) in [6.07, 6.45) is -0.615. The van der Waals surface area contributed by atoms with Crippen LogP contribution in [0.1, 0.15) is 28.7 Å². The largest absolute Gasteiger partial charge is 0.468 e. The topological polar surface area (TPSA) is 52.6 Å². The van der Waals surface area contributed by atoms with Gasteiger partial charge in [0.25, 0.3) is 0 Å². The predicted molar refractivity (Wildman–Crippen MR) is 102 cm³/mol. The van der Waals surface area contributed by atoms with E-state index in [1.165, 1.54) is 7.11 Å². The fourth-order valence-electron chi connectivity index (χ4n) is 2.90. The highest BCUT2D eigenvalue weighted by atomic mass is 16.6. The van der Waals surface area contributed by atoms with Crippen molar-refractivity contribution in [2.75, 3.05) is 7.11 Å². The van der Waals surface area contributed by atoms with Crippen LogP contribution in [0.15, 0.2) is 91.0 Å².